The molecule has 0 spiro atoms. The van der Waals surface area contributed by atoms with Gasteiger partial charge in [0.1, 0.15) is 5.84 Å². The summed E-state index contributed by atoms with van der Waals surface area (Å²) in [4.78, 5) is 2.78. The van der Waals surface area contributed by atoms with Gasteiger partial charge < -0.3 is 14.7 Å². The molecule has 0 saturated carbocycles. The Hall–Kier alpha value is -1.86. The minimum absolute atomic E-state index is 0.0506. The van der Waals surface area contributed by atoms with Crippen LogP contribution in [0.25, 0.3) is 0 Å². The van der Waals surface area contributed by atoms with Crippen LogP contribution in [-0.2, 0) is 4.74 Å². The monoisotopic (exact) mass is 405 g/mol. The summed E-state index contributed by atoms with van der Waals surface area (Å²) in [5, 5.41) is 9.47. The van der Waals surface area contributed by atoms with E-state index in [2.05, 4.69) is 9.73 Å². The van der Waals surface area contributed by atoms with Crippen LogP contribution in [0.2, 0.25) is 0 Å². The topological polar surface area (TPSA) is 48.3 Å². The van der Waals surface area contributed by atoms with E-state index in [0.717, 1.165) is 0 Å². The number of benzene rings is 2. The lowest BCUT2D eigenvalue weighted by Crippen LogP contribution is -2.49. The Morgan fingerprint density at radius 3 is 2.81 bits per heavy atom. The van der Waals surface area contributed by atoms with Gasteiger partial charge in [-0.3, -0.25) is 4.90 Å². The first-order valence-electron chi connectivity index (χ1n) is 18.3. The predicted molar refractivity (Wildman–Crippen MR) is 109 cm³/mol. The summed E-state index contributed by atoms with van der Waals surface area (Å²) in [5.74, 6) is -1.10. The van der Waals surface area contributed by atoms with E-state index >= 15 is 0 Å². The van der Waals surface area contributed by atoms with Crippen molar-refractivity contribution in [2.24, 2.45) is 4.99 Å². The molecule has 4 rings (SSSR count). The Bertz CT molecular complexity index is 1760. The number of amidine groups is 1. The summed E-state index contributed by atoms with van der Waals surface area (Å²) >= 11 is 0.389. The van der Waals surface area contributed by atoms with E-state index < -0.39 is 127 Å². The molecule has 2 aromatic rings. The number of para-hydroxylation sites is 1. The normalized spacial score (nSPS) is 36.6. The van der Waals surface area contributed by atoms with E-state index in [0.29, 0.717) is 11.8 Å². The Morgan fingerprint density at radius 1 is 1.11 bits per heavy atom. The fraction of sp³-hybridized carbons (Fsp3) is 0.381. The largest absolute Gasteiger partial charge is 0.394 e. The highest BCUT2D eigenvalue weighted by atomic mass is 32.2. The molecule has 6 heteroatoms. The summed E-state index contributed by atoms with van der Waals surface area (Å²) in [6.45, 7) is -29.1. The average Bonchev–Trinajstić information content (AvgIpc) is 3.11. The number of aliphatic hydroxyl groups is 1. The molecule has 0 radical (unpaired) electrons. The fourth-order valence-corrected chi connectivity index (χ4v) is 2.91. The lowest BCUT2D eigenvalue weighted by molar-refractivity contribution is 0.0652. The van der Waals surface area contributed by atoms with E-state index in [-0.39, 0.29) is 9.80 Å². The van der Waals surface area contributed by atoms with Gasteiger partial charge in [0.15, 0.2) is 0 Å². The molecule has 0 bridgehead atoms. The number of piperazine rings is 1. The van der Waals surface area contributed by atoms with Gasteiger partial charge in [0.2, 0.25) is 0 Å². The maximum absolute atomic E-state index is 9.47. The zero-order valence-electron chi connectivity index (χ0n) is 35.3. The predicted octanol–water partition coefficient (Wildman–Crippen LogP) is 2.86. The standard InChI is InChI=1S/C21H25N3O2S/c25-14-16-26-15-13-23-9-11-24(12-10-23)21-17-5-1-3-7-19(17)27-20-8-4-2-6-18(20)22-21/h1-8,25H,9-16H2/i1D,2D,3D,4D,5D,6D,7D,8D,9D2,11D2,12D2,13D2,14D2,15D2,16D2. The number of nitrogens with zero attached hydrogens (tertiary/aromatic N) is 3. The maximum Gasteiger partial charge on any atom is 0.137 e. The second kappa shape index (κ2) is 8.89. The minimum atomic E-state index is -4.14. The molecule has 2 heterocycles. The van der Waals surface area contributed by atoms with Crippen LogP contribution in [0.3, 0.4) is 0 Å². The molecule has 0 unspecified atom stereocenters. The van der Waals surface area contributed by atoms with E-state index in [9.17, 15) is 5.11 Å². The Balaban J connectivity index is 2.04. The van der Waals surface area contributed by atoms with Crippen LogP contribution in [0.4, 0.5) is 5.69 Å². The second-order valence-corrected chi connectivity index (χ2v) is 5.77. The molecular weight excluding hydrogens is 358 g/mol. The molecule has 2 aromatic carbocycles. The molecule has 0 aliphatic carbocycles. The van der Waals surface area contributed by atoms with Crippen LogP contribution in [0.1, 0.15) is 35.7 Å². The Kier molecular flexibility index (Phi) is 1.92. The van der Waals surface area contributed by atoms with Crippen LogP contribution in [0, 0.1) is 0 Å². The SMILES string of the molecule is [2H]c1c([2H])c([2H])c2c(c1[2H])N=C(N1C([2H])([2H])CN(C([2H])([2H])C([2H])([2H])OC([2H])([2H])C([2H])([2H])O)C([2H])([2H])C1([2H])[2H])c1c([2H])c([2H])c([2H])c([2H])c1S2. The van der Waals surface area contributed by atoms with Crippen LogP contribution < -0.4 is 0 Å². The van der Waals surface area contributed by atoms with Gasteiger partial charge in [0.25, 0.3) is 0 Å². The molecule has 1 fully saturated rings. The summed E-state index contributed by atoms with van der Waals surface area (Å²) < 4.78 is 186. The van der Waals surface area contributed by atoms with Crippen molar-refractivity contribution in [3.63, 3.8) is 0 Å². The van der Waals surface area contributed by atoms with E-state index in [1.165, 1.54) is 0 Å². The summed E-state index contributed by atoms with van der Waals surface area (Å²) in [6, 6.07) is -6.75. The van der Waals surface area contributed by atoms with Crippen molar-refractivity contribution < 1.29 is 40.0 Å². The third-order valence-electron chi connectivity index (χ3n) is 3.16. The van der Waals surface area contributed by atoms with Crippen molar-refractivity contribution in [1.29, 1.82) is 0 Å². The quantitative estimate of drug-likeness (QED) is 0.829. The lowest BCUT2D eigenvalue weighted by Gasteiger charge is -2.36. The molecule has 0 amide bonds. The van der Waals surface area contributed by atoms with E-state index in [1.807, 2.05) is 0 Å². The minimum Gasteiger partial charge on any atom is -0.394 e. The number of aliphatic imine (C=N–C) groups is 1. The number of hydrogen-bond donors (Lipinski definition) is 1. The molecule has 1 N–H and O–H groups in total. The molecule has 2 aliphatic heterocycles. The first-order valence-corrected chi connectivity index (χ1v) is 8.09. The van der Waals surface area contributed by atoms with Gasteiger partial charge in [-0.1, -0.05) is 42.0 Å². The Labute approximate surface area is 195 Å². The van der Waals surface area contributed by atoms with Crippen LogP contribution in [0.5, 0.6) is 0 Å². The van der Waals surface area contributed by atoms with Gasteiger partial charge in [0, 0.05) is 53.4 Å². The molecule has 5 nitrogen and oxygen atoms in total. The van der Waals surface area contributed by atoms with Crippen molar-refractivity contribution in [2.45, 2.75) is 9.79 Å². The molecule has 0 atom stereocenters. The van der Waals surface area contributed by atoms with Gasteiger partial charge in [-0.15, -0.1) is 0 Å². The molecule has 1 saturated heterocycles. The van der Waals surface area contributed by atoms with Gasteiger partial charge >= 0.3 is 0 Å². The lowest BCUT2D eigenvalue weighted by atomic mass is 10.1. The number of ether oxygens (including phenoxy) is 1. The molecule has 27 heavy (non-hydrogen) atoms. The van der Waals surface area contributed by atoms with Gasteiger partial charge in [-0.2, -0.15) is 0 Å². The molecule has 0 aromatic heterocycles. The average molecular weight is 406 g/mol. The highest BCUT2D eigenvalue weighted by molar-refractivity contribution is 7.99. The molecule has 2 aliphatic rings. The van der Waals surface area contributed by atoms with Crippen molar-refractivity contribution >= 4 is 23.3 Å². The zero-order valence-corrected chi connectivity index (χ0v) is 14.1. The van der Waals surface area contributed by atoms with E-state index in [1.54, 1.807) is 0 Å². The van der Waals surface area contributed by atoms with Crippen LogP contribution in [0.15, 0.2) is 63.1 Å². The summed E-state index contributed by atoms with van der Waals surface area (Å²) in [6.07, 6.45) is 0. The number of rotatable bonds is 5. The summed E-state index contributed by atoms with van der Waals surface area (Å²) in [7, 11) is 0. The number of fused-ring (bicyclic) bond motifs is 2. The first kappa shape index (κ1) is 5.83. The van der Waals surface area contributed by atoms with E-state index in [4.69, 9.17) is 30.2 Å². The van der Waals surface area contributed by atoms with Crippen molar-refractivity contribution in [2.75, 3.05) is 52.2 Å². The van der Waals surface area contributed by atoms with Crippen molar-refractivity contribution in [3.8, 4) is 0 Å². The summed E-state index contributed by atoms with van der Waals surface area (Å²) in [5.41, 5.74) is -1.42. The van der Waals surface area contributed by atoms with Crippen LogP contribution in [-0.4, -0.2) is 73.0 Å². The first-order chi connectivity index (χ1) is 21.8. The highest BCUT2D eigenvalue weighted by Gasteiger charge is 2.24. The Morgan fingerprint density at radius 2 is 1.93 bits per heavy atom. The third-order valence-corrected chi connectivity index (χ3v) is 4.17. The number of hydrogen-bond acceptors (Lipinski definition) is 6. The zero-order chi connectivity index (χ0) is 38.0. The van der Waals surface area contributed by atoms with Crippen molar-refractivity contribution in [3.05, 3.63) is 53.9 Å². The second-order valence-electron chi connectivity index (χ2n) is 4.75. The molecule has 142 valence electrons. The van der Waals surface area contributed by atoms with Crippen molar-refractivity contribution in [1.82, 2.24) is 9.80 Å². The maximum atomic E-state index is 9.47. The van der Waals surface area contributed by atoms with Crippen LogP contribution >= 0.6 is 11.8 Å². The third kappa shape index (κ3) is 4.35. The highest BCUT2D eigenvalue weighted by Crippen LogP contribution is 2.40. The fourth-order valence-electron chi connectivity index (χ4n) is 2.06. The van der Waals surface area contributed by atoms with Gasteiger partial charge in [-0.05, 0) is 18.1 Å². The van der Waals surface area contributed by atoms with Gasteiger partial charge in [0.05, 0.1) is 50.0 Å². The molecular formula is C21H25N3O2S. The van der Waals surface area contributed by atoms with Gasteiger partial charge in [-0.25, -0.2) is 4.99 Å². The smallest absolute Gasteiger partial charge is 0.137 e.